The molecular formula is C30H48O2. The van der Waals surface area contributed by atoms with Gasteiger partial charge >= 0.3 is 5.97 Å². The summed E-state index contributed by atoms with van der Waals surface area (Å²) in [5.41, 5.74) is 2.70. The van der Waals surface area contributed by atoms with E-state index in [1.807, 2.05) is 5.57 Å². The SMILES string of the molecule is CC(=O)O[C@H]1CC[C@@]2(C)C(CC=C3C2CC[C@@]2(C)C3CCC2[C@H](C)/C=C/C(C)C(C)C)C1. The van der Waals surface area contributed by atoms with Gasteiger partial charge in [-0.25, -0.2) is 0 Å². The zero-order valence-corrected chi connectivity index (χ0v) is 21.8. The van der Waals surface area contributed by atoms with Gasteiger partial charge in [0.15, 0.2) is 0 Å². The van der Waals surface area contributed by atoms with Gasteiger partial charge in [-0.2, -0.15) is 0 Å². The van der Waals surface area contributed by atoms with Crippen LogP contribution in [0, 0.1) is 52.3 Å². The Morgan fingerprint density at radius 1 is 1.00 bits per heavy atom. The minimum Gasteiger partial charge on any atom is -0.463 e. The molecular weight excluding hydrogens is 392 g/mol. The molecule has 0 N–H and O–H groups in total. The molecule has 0 amide bonds. The number of ether oxygens (including phenoxy) is 1. The number of carbonyl (C=O) groups excluding carboxylic acids is 1. The Hall–Kier alpha value is -1.05. The normalized spacial score (nSPS) is 43.2. The fourth-order valence-corrected chi connectivity index (χ4v) is 8.43. The van der Waals surface area contributed by atoms with Crippen LogP contribution in [-0.4, -0.2) is 12.1 Å². The summed E-state index contributed by atoms with van der Waals surface area (Å²) in [6, 6.07) is 0. The molecule has 4 aliphatic rings. The third kappa shape index (κ3) is 4.14. The monoisotopic (exact) mass is 440 g/mol. The Bertz CT molecular complexity index is 763. The summed E-state index contributed by atoms with van der Waals surface area (Å²) in [4.78, 5) is 11.5. The first kappa shape index (κ1) is 24.1. The molecule has 3 fully saturated rings. The van der Waals surface area contributed by atoms with E-state index in [1.54, 1.807) is 6.92 Å². The third-order valence-corrected chi connectivity index (χ3v) is 10.8. The van der Waals surface area contributed by atoms with Crippen LogP contribution in [0.1, 0.15) is 99.8 Å². The number of allylic oxidation sites excluding steroid dienone is 4. The van der Waals surface area contributed by atoms with Gasteiger partial charge in [0, 0.05) is 6.92 Å². The van der Waals surface area contributed by atoms with E-state index in [9.17, 15) is 4.79 Å². The third-order valence-electron chi connectivity index (χ3n) is 10.8. The highest BCUT2D eigenvalue weighted by Gasteiger charge is 2.58. The summed E-state index contributed by atoms with van der Waals surface area (Å²) in [7, 11) is 0. The minimum atomic E-state index is -0.109. The quantitative estimate of drug-likeness (QED) is 0.320. The van der Waals surface area contributed by atoms with Crippen molar-refractivity contribution in [3.63, 3.8) is 0 Å². The topological polar surface area (TPSA) is 26.3 Å². The Morgan fingerprint density at radius 3 is 2.38 bits per heavy atom. The van der Waals surface area contributed by atoms with E-state index in [-0.39, 0.29) is 12.1 Å². The maximum atomic E-state index is 11.5. The second-order valence-electron chi connectivity index (χ2n) is 12.8. The predicted molar refractivity (Wildman–Crippen MR) is 133 cm³/mol. The van der Waals surface area contributed by atoms with Crippen LogP contribution in [0.15, 0.2) is 23.8 Å². The molecule has 32 heavy (non-hydrogen) atoms. The smallest absolute Gasteiger partial charge is 0.302 e. The van der Waals surface area contributed by atoms with E-state index in [1.165, 1.54) is 38.5 Å². The molecule has 0 aromatic rings. The van der Waals surface area contributed by atoms with E-state index in [4.69, 9.17) is 4.74 Å². The van der Waals surface area contributed by atoms with Crippen LogP contribution < -0.4 is 0 Å². The Labute approximate surface area is 197 Å². The van der Waals surface area contributed by atoms with Crippen LogP contribution in [0.25, 0.3) is 0 Å². The molecule has 0 bridgehead atoms. The largest absolute Gasteiger partial charge is 0.463 e. The second-order valence-corrected chi connectivity index (χ2v) is 12.8. The van der Waals surface area contributed by atoms with Gasteiger partial charge in [0.25, 0.3) is 0 Å². The lowest BCUT2D eigenvalue weighted by Crippen LogP contribution is -2.50. The molecule has 0 heterocycles. The summed E-state index contributed by atoms with van der Waals surface area (Å²) in [5, 5.41) is 0. The summed E-state index contributed by atoms with van der Waals surface area (Å²) in [6.45, 7) is 16.3. The second kappa shape index (κ2) is 8.95. The highest BCUT2D eigenvalue weighted by molar-refractivity contribution is 5.66. The molecule has 4 rings (SSSR count). The van der Waals surface area contributed by atoms with Crippen molar-refractivity contribution < 1.29 is 9.53 Å². The van der Waals surface area contributed by atoms with Crippen LogP contribution in [0.4, 0.5) is 0 Å². The average Bonchev–Trinajstić information content (AvgIpc) is 3.08. The molecule has 180 valence electrons. The van der Waals surface area contributed by atoms with E-state index < -0.39 is 0 Å². The van der Waals surface area contributed by atoms with Gasteiger partial charge < -0.3 is 4.74 Å². The minimum absolute atomic E-state index is 0.109. The van der Waals surface area contributed by atoms with Crippen molar-refractivity contribution in [2.45, 2.75) is 106 Å². The van der Waals surface area contributed by atoms with Crippen molar-refractivity contribution in [3.05, 3.63) is 23.8 Å². The van der Waals surface area contributed by atoms with Gasteiger partial charge in [-0.15, -0.1) is 0 Å². The van der Waals surface area contributed by atoms with Crippen LogP contribution in [0.3, 0.4) is 0 Å². The summed E-state index contributed by atoms with van der Waals surface area (Å²) in [5.74, 6) is 4.98. The van der Waals surface area contributed by atoms with Gasteiger partial charge in [0.2, 0.25) is 0 Å². The molecule has 5 unspecified atom stereocenters. The maximum Gasteiger partial charge on any atom is 0.302 e. The number of carbonyl (C=O) groups is 1. The van der Waals surface area contributed by atoms with Crippen LogP contribution >= 0.6 is 0 Å². The number of esters is 1. The van der Waals surface area contributed by atoms with Gasteiger partial charge in [-0.05, 0) is 104 Å². The molecule has 2 nitrogen and oxygen atoms in total. The van der Waals surface area contributed by atoms with E-state index in [0.29, 0.717) is 28.6 Å². The Balaban J connectivity index is 1.51. The first-order valence-electron chi connectivity index (χ1n) is 13.6. The molecule has 4 aliphatic carbocycles. The van der Waals surface area contributed by atoms with E-state index in [0.717, 1.165) is 36.5 Å². The first-order chi connectivity index (χ1) is 15.1. The lowest BCUT2D eigenvalue weighted by atomic mass is 9.47. The van der Waals surface area contributed by atoms with Crippen molar-refractivity contribution >= 4 is 5.97 Å². The number of hydrogen-bond donors (Lipinski definition) is 0. The number of rotatable bonds is 5. The molecule has 0 saturated heterocycles. The molecule has 3 saturated carbocycles. The summed E-state index contributed by atoms with van der Waals surface area (Å²) in [6.07, 6.45) is 17.9. The van der Waals surface area contributed by atoms with Gasteiger partial charge in [-0.3, -0.25) is 4.79 Å². The molecule has 0 aromatic carbocycles. The Kier molecular flexibility index (Phi) is 6.74. The van der Waals surface area contributed by atoms with Crippen LogP contribution in [-0.2, 0) is 9.53 Å². The van der Waals surface area contributed by atoms with E-state index in [2.05, 4.69) is 59.8 Å². The van der Waals surface area contributed by atoms with Crippen molar-refractivity contribution in [2.24, 2.45) is 52.3 Å². The van der Waals surface area contributed by atoms with Gasteiger partial charge in [-0.1, -0.05) is 65.3 Å². The number of hydrogen-bond acceptors (Lipinski definition) is 2. The van der Waals surface area contributed by atoms with E-state index >= 15 is 0 Å². The predicted octanol–water partition coefficient (Wildman–Crippen LogP) is 7.98. The first-order valence-corrected chi connectivity index (χ1v) is 13.6. The Morgan fingerprint density at radius 2 is 1.69 bits per heavy atom. The van der Waals surface area contributed by atoms with Crippen molar-refractivity contribution in [1.29, 1.82) is 0 Å². The zero-order chi connectivity index (χ0) is 23.3. The highest BCUT2D eigenvalue weighted by Crippen LogP contribution is 2.66. The maximum absolute atomic E-state index is 11.5. The van der Waals surface area contributed by atoms with Crippen LogP contribution in [0.5, 0.6) is 0 Å². The molecule has 0 aromatic heterocycles. The molecule has 0 aliphatic heterocycles. The highest BCUT2D eigenvalue weighted by atomic mass is 16.5. The van der Waals surface area contributed by atoms with Crippen molar-refractivity contribution in [2.75, 3.05) is 0 Å². The lowest BCUT2D eigenvalue weighted by Gasteiger charge is -2.58. The fraction of sp³-hybridized carbons (Fsp3) is 0.833. The lowest BCUT2D eigenvalue weighted by molar-refractivity contribution is -0.152. The molecule has 0 spiro atoms. The van der Waals surface area contributed by atoms with Gasteiger partial charge in [0.05, 0.1) is 0 Å². The van der Waals surface area contributed by atoms with Crippen LogP contribution in [0.2, 0.25) is 0 Å². The molecule has 0 radical (unpaired) electrons. The molecule has 2 heteroatoms. The van der Waals surface area contributed by atoms with Crippen molar-refractivity contribution in [1.82, 2.24) is 0 Å². The standard InChI is InChI=1S/C30H48O2/c1-19(2)20(3)8-9-21(4)26-12-13-27-25-11-10-23-18-24(32-22(5)31)14-16-29(23,6)28(25)15-17-30(26,27)7/h8-9,11,19-21,23-24,26-28H,10,12-18H2,1-7H3/b9-8+/t20?,21-,23?,24+,26?,27?,28?,29+,30-/m1/s1. The average molecular weight is 441 g/mol. The molecule has 9 atom stereocenters. The zero-order valence-electron chi connectivity index (χ0n) is 21.8. The summed E-state index contributed by atoms with van der Waals surface area (Å²) >= 11 is 0. The number of fused-ring (bicyclic) bond motifs is 5. The van der Waals surface area contributed by atoms with Crippen molar-refractivity contribution in [3.8, 4) is 0 Å². The van der Waals surface area contributed by atoms with Gasteiger partial charge in [0.1, 0.15) is 6.10 Å². The fourth-order valence-electron chi connectivity index (χ4n) is 8.43. The summed E-state index contributed by atoms with van der Waals surface area (Å²) < 4.78 is 5.64.